The summed E-state index contributed by atoms with van der Waals surface area (Å²) in [7, 11) is 0. The molecule has 1 heterocycles. The van der Waals surface area contributed by atoms with E-state index in [9.17, 15) is 9.90 Å². The van der Waals surface area contributed by atoms with Crippen LogP contribution in [0, 0.1) is 17.8 Å². The zero-order valence-electron chi connectivity index (χ0n) is 12.8. The van der Waals surface area contributed by atoms with Crippen LogP contribution in [0.3, 0.4) is 0 Å². The summed E-state index contributed by atoms with van der Waals surface area (Å²) in [6.07, 6.45) is 2.10. The van der Waals surface area contributed by atoms with E-state index < -0.39 is 5.60 Å². The standard InChI is InChI=1S/C15H28N2O3/c1-15(2,3)20-14(19)17-8-10-6-12(18)7-11(9-17)13(10)4-5-16/h10-13,18H,4-9,16H2,1-3H3. The minimum Gasteiger partial charge on any atom is -0.444 e. The maximum absolute atomic E-state index is 12.2. The summed E-state index contributed by atoms with van der Waals surface area (Å²) in [5.74, 6) is 1.25. The lowest BCUT2D eigenvalue weighted by Gasteiger charge is -2.48. The van der Waals surface area contributed by atoms with Gasteiger partial charge in [0.1, 0.15) is 5.60 Å². The number of amides is 1. The monoisotopic (exact) mass is 284 g/mol. The number of carbonyl (C=O) groups excluding carboxylic acids is 1. The number of aliphatic hydroxyl groups excluding tert-OH is 1. The van der Waals surface area contributed by atoms with Gasteiger partial charge >= 0.3 is 6.09 Å². The molecule has 0 spiro atoms. The Morgan fingerprint density at radius 1 is 1.30 bits per heavy atom. The number of rotatable bonds is 2. The highest BCUT2D eigenvalue weighted by Crippen LogP contribution is 2.41. The number of likely N-dealkylation sites (tertiary alicyclic amines) is 1. The summed E-state index contributed by atoms with van der Waals surface area (Å²) in [5, 5.41) is 9.95. The molecule has 5 heteroatoms. The third-order valence-corrected chi connectivity index (χ3v) is 4.42. The molecule has 1 amide bonds. The lowest BCUT2D eigenvalue weighted by atomic mass is 9.67. The predicted molar refractivity (Wildman–Crippen MR) is 77.2 cm³/mol. The minimum atomic E-state index is -0.459. The molecule has 116 valence electrons. The summed E-state index contributed by atoms with van der Waals surface area (Å²) < 4.78 is 5.46. The first-order valence-electron chi connectivity index (χ1n) is 7.66. The van der Waals surface area contributed by atoms with Crippen LogP contribution in [0.5, 0.6) is 0 Å². The van der Waals surface area contributed by atoms with E-state index in [1.807, 2.05) is 25.7 Å². The normalized spacial score (nSPS) is 34.0. The second kappa shape index (κ2) is 5.90. The van der Waals surface area contributed by atoms with Gasteiger partial charge in [-0.2, -0.15) is 0 Å². The lowest BCUT2D eigenvalue weighted by molar-refractivity contribution is -0.0488. The van der Waals surface area contributed by atoms with E-state index in [0.29, 0.717) is 37.4 Å². The van der Waals surface area contributed by atoms with E-state index in [0.717, 1.165) is 19.3 Å². The number of piperidine rings is 1. The number of ether oxygens (including phenoxy) is 1. The zero-order valence-corrected chi connectivity index (χ0v) is 12.8. The Kier molecular flexibility index (Phi) is 4.59. The fraction of sp³-hybridized carbons (Fsp3) is 0.933. The van der Waals surface area contributed by atoms with Crippen LogP contribution in [0.25, 0.3) is 0 Å². The number of hydrogen-bond donors (Lipinski definition) is 2. The van der Waals surface area contributed by atoms with Gasteiger partial charge in [0.15, 0.2) is 0 Å². The molecule has 2 atom stereocenters. The van der Waals surface area contributed by atoms with Crippen molar-refractivity contribution in [3.8, 4) is 0 Å². The minimum absolute atomic E-state index is 0.222. The molecule has 0 aromatic carbocycles. The third-order valence-electron chi connectivity index (χ3n) is 4.42. The summed E-state index contributed by atoms with van der Waals surface area (Å²) >= 11 is 0. The maximum Gasteiger partial charge on any atom is 0.410 e. The fourth-order valence-electron chi connectivity index (χ4n) is 3.73. The Hall–Kier alpha value is -0.810. The van der Waals surface area contributed by atoms with Gasteiger partial charge in [0.2, 0.25) is 0 Å². The number of hydrogen-bond acceptors (Lipinski definition) is 4. The van der Waals surface area contributed by atoms with Gasteiger partial charge in [-0.1, -0.05) is 0 Å². The Balaban J connectivity index is 2.02. The maximum atomic E-state index is 12.2. The first kappa shape index (κ1) is 15.6. The molecule has 2 bridgehead atoms. The van der Waals surface area contributed by atoms with Crippen molar-refractivity contribution in [3.63, 3.8) is 0 Å². The van der Waals surface area contributed by atoms with Crippen molar-refractivity contribution in [2.75, 3.05) is 19.6 Å². The number of aliphatic hydroxyl groups is 1. The molecular weight excluding hydrogens is 256 g/mol. The number of nitrogens with zero attached hydrogens (tertiary/aromatic N) is 1. The van der Waals surface area contributed by atoms with Crippen molar-refractivity contribution in [1.82, 2.24) is 4.90 Å². The Morgan fingerprint density at radius 2 is 1.85 bits per heavy atom. The first-order chi connectivity index (χ1) is 9.30. The van der Waals surface area contributed by atoms with Crippen LogP contribution in [0.1, 0.15) is 40.0 Å². The second-order valence-electron chi connectivity index (χ2n) is 7.27. The molecule has 1 aliphatic heterocycles. The van der Waals surface area contributed by atoms with E-state index in [4.69, 9.17) is 10.5 Å². The topological polar surface area (TPSA) is 75.8 Å². The van der Waals surface area contributed by atoms with E-state index in [-0.39, 0.29) is 12.2 Å². The van der Waals surface area contributed by atoms with E-state index in [2.05, 4.69) is 0 Å². The van der Waals surface area contributed by atoms with E-state index >= 15 is 0 Å². The quantitative estimate of drug-likeness (QED) is 0.807. The van der Waals surface area contributed by atoms with Gasteiger partial charge in [-0.3, -0.25) is 0 Å². The predicted octanol–water partition coefficient (Wildman–Crippen LogP) is 1.59. The molecule has 1 saturated carbocycles. The highest BCUT2D eigenvalue weighted by Gasteiger charge is 2.43. The molecule has 0 aromatic rings. The van der Waals surface area contributed by atoms with Crippen LogP contribution in [0.15, 0.2) is 0 Å². The van der Waals surface area contributed by atoms with Crippen LogP contribution in [0.2, 0.25) is 0 Å². The summed E-state index contributed by atoms with van der Waals surface area (Å²) in [6, 6.07) is 0. The molecule has 2 unspecified atom stereocenters. The van der Waals surface area contributed by atoms with Gasteiger partial charge in [0.05, 0.1) is 6.10 Å². The molecule has 1 aliphatic carbocycles. The number of carbonyl (C=O) groups is 1. The Morgan fingerprint density at radius 3 is 2.30 bits per heavy atom. The zero-order chi connectivity index (χ0) is 14.9. The van der Waals surface area contributed by atoms with Crippen LogP contribution in [0.4, 0.5) is 4.79 Å². The molecule has 2 rings (SSSR count). The van der Waals surface area contributed by atoms with Crippen molar-refractivity contribution >= 4 is 6.09 Å². The molecule has 5 nitrogen and oxygen atoms in total. The van der Waals surface area contributed by atoms with E-state index in [1.165, 1.54) is 0 Å². The van der Waals surface area contributed by atoms with Gasteiger partial charge < -0.3 is 20.5 Å². The van der Waals surface area contributed by atoms with Crippen LogP contribution >= 0.6 is 0 Å². The molecule has 3 N–H and O–H groups in total. The lowest BCUT2D eigenvalue weighted by Crippen LogP contribution is -2.54. The van der Waals surface area contributed by atoms with Crippen molar-refractivity contribution in [2.45, 2.75) is 51.7 Å². The Labute approximate surface area is 121 Å². The van der Waals surface area contributed by atoms with Crippen molar-refractivity contribution in [3.05, 3.63) is 0 Å². The summed E-state index contributed by atoms with van der Waals surface area (Å²) in [5.41, 5.74) is 5.25. The van der Waals surface area contributed by atoms with Crippen molar-refractivity contribution < 1.29 is 14.6 Å². The second-order valence-corrected chi connectivity index (χ2v) is 7.27. The molecule has 1 saturated heterocycles. The van der Waals surface area contributed by atoms with Gasteiger partial charge in [0, 0.05) is 13.1 Å². The molecule has 2 fully saturated rings. The highest BCUT2D eigenvalue weighted by molar-refractivity contribution is 5.68. The largest absolute Gasteiger partial charge is 0.444 e. The average molecular weight is 284 g/mol. The number of nitrogens with two attached hydrogens (primary N) is 1. The molecular formula is C15H28N2O3. The first-order valence-corrected chi connectivity index (χ1v) is 7.66. The molecule has 0 aromatic heterocycles. The number of fused-ring (bicyclic) bond motifs is 2. The smallest absolute Gasteiger partial charge is 0.410 e. The SMILES string of the molecule is CC(C)(C)OC(=O)N1CC2CC(O)CC(C1)C2CCN. The molecule has 20 heavy (non-hydrogen) atoms. The van der Waals surface area contributed by atoms with Crippen molar-refractivity contribution in [1.29, 1.82) is 0 Å². The highest BCUT2D eigenvalue weighted by atomic mass is 16.6. The molecule has 2 aliphatic rings. The van der Waals surface area contributed by atoms with E-state index in [1.54, 1.807) is 0 Å². The van der Waals surface area contributed by atoms with Crippen LogP contribution in [-0.2, 0) is 4.74 Å². The fourth-order valence-corrected chi connectivity index (χ4v) is 3.73. The Bertz CT molecular complexity index is 338. The summed E-state index contributed by atoms with van der Waals surface area (Å²) in [4.78, 5) is 14.0. The summed E-state index contributed by atoms with van der Waals surface area (Å²) in [6.45, 7) is 7.71. The van der Waals surface area contributed by atoms with Gasteiger partial charge in [0.25, 0.3) is 0 Å². The van der Waals surface area contributed by atoms with Gasteiger partial charge in [-0.05, 0) is 64.3 Å². The average Bonchev–Trinajstić information content (AvgIpc) is 2.27. The van der Waals surface area contributed by atoms with Crippen molar-refractivity contribution in [2.24, 2.45) is 23.5 Å². The molecule has 0 radical (unpaired) electrons. The van der Waals surface area contributed by atoms with Crippen LogP contribution in [-0.4, -0.2) is 47.4 Å². The van der Waals surface area contributed by atoms with Crippen LogP contribution < -0.4 is 5.73 Å². The van der Waals surface area contributed by atoms with Gasteiger partial charge in [-0.25, -0.2) is 4.79 Å². The third kappa shape index (κ3) is 3.64. The van der Waals surface area contributed by atoms with Gasteiger partial charge in [-0.15, -0.1) is 0 Å².